The summed E-state index contributed by atoms with van der Waals surface area (Å²) in [5.41, 5.74) is 1.39. The second kappa shape index (κ2) is 4.78. The van der Waals surface area contributed by atoms with Crippen LogP contribution >= 0.6 is 11.6 Å². The highest BCUT2D eigenvalue weighted by atomic mass is 35.5. The predicted molar refractivity (Wildman–Crippen MR) is 47.9 cm³/mol. The smallest absolute Gasteiger partial charge is 0.0712 e. The third-order valence-corrected chi connectivity index (χ3v) is 2.42. The molecule has 1 aliphatic carbocycles. The van der Waals surface area contributed by atoms with E-state index in [2.05, 4.69) is 6.08 Å². The van der Waals surface area contributed by atoms with E-state index in [1.54, 1.807) is 0 Å². The third kappa shape index (κ3) is 3.26. The lowest BCUT2D eigenvalue weighted by atomic mass is 9.96. The highest BCUT2D eigenvalue weighted by Crippen LogP contribution is 2.21. The SMILES string of the molecule is OC(CCl)CC1=CCCCC1. The second-order valence-electron chi connectivity index (χ2n) is 3.12. The molecule has 1 atom stereocenters. The van der Waals surface area contributed by atoms with Crippen LogP contribution in [0, 0.1) is 0 Å². The second-order valence-corrected chi connectivity index (χ2v) is 3.43. The van der Waals surface area contributed by atoms with Crippen LogP contribution < -0.4 is 0 Å². The largest absolute Gasteiger partial charge is 0.392 e. The number of rotatable bonds is 3. The number of aliphatic hydroxyl groups is 1. The van der Waals surface area contributed by atoms with Crippen molar-refractivity contribution in [3.63, 3.8) is 0 Å². The van der Waals surface area contributed by atoms with Crippen LogP contribution in [-0.4, -0.2) is 17.1 Å². The Kier molecular flexibility index (Phi) is 3.95. The van der Waals surface area contributed by atoms with E-state index in [1.807, 2.05) is 0 Å². The van der Waals surface area contributed by atoms with Crippen LogP contribution in [0.3, 0.4) is 0 Å². The van der Waals surface area contributed by atoms with Gasteiger partial charge in [-0.15, -0.1) is 11.6 Å². The van der Waals surface area contributed by atoms with Crippen molar-refractivity contribution in [2.24, 2.45) is 0 Å². The monoisotopic (exact) mass is 174 g/mol. The molecule has 1 N–H and O–H groups in total. The minimum atomic E-state index is -0.332. The van der Waals surface area contributed by atoms with E-state index in [9.17, 15) is 5.11 Å². The lowest BCUT2D eigenvalue weighted by molar-refractivity contribution is 0.196. The quantitative estimate of drug-likeness (QED) is 0.515. The van der Waals surface area contributed by atoms with Gasteiger partial charge in [0.15, 0.2) is 0 Å². The minimum Gasteiger partial charge on any atom is -0.392 e. The van der Waals surface area contributed by atoms with E-state index < -0.39 is 0 Å². The minimum absolute atomic E-state index is 0.332. The van der Waals surface area contributed by atoms with Gasteiger partial charge < -0.3 is 5.11 Å². The maximum absolute atomic E-state index is 9.24. The summed E-state index contributed by atoms with van der Waals surface area (Å²) in [4.78, 5) is 0. The number of allylic oxidation sites excluding steroid dienone is 1. The average Bonchev–Trinajstić information content (AvgIpc) is 2.06. The number of aliphatic hydroxyl groups excluding tert-OH is 1. The van der Waals surface area contributed by atoms with E-state index in [0.29, 0.717) is 5.88 Å². The number of alkyl halides is 1. The van der Waals surface area contributed by atoms with Crippen LogP contribution in [0.4, 0.5) is 0 Å². The van der Waals surface area contributed by atoms with Crippen molar-refractivity contribution in [3.8, 4) is 0 Å². The van der Waals surface area contributed by atoms with Gasteiger partial charge in [0, 0.05) is 5.88 Å². The molecule has 0 bridgehead atoms. The normalized spacial score (nSPS) is 21.1. The van der Waals surface area contributed by atoms with Crippen LogP contribution in [0.1, 0.15) is 32.1 Å². The molecular formula is C9H15ClO. The molecular weight excluding hydrogens is 160 g/mol. The molecule has 0 aromatic carbocycles. The molecule has 11 heavy (non-hydrogen) atoms. The van der Waals surface area contributed by atoms with Gasteiger partial charge in [0.25, 0.3) is 0 Å². The Morgan fingerprint density at radius 3 is 2.91 bits per heavy atom. The average molecular weight is 175 g/mol. The van der Waals surface area contributed by atoms with E-state index >= 15 is 0 Å². The van der Waals surface area contributed by atoms with Gasteiger partial charge in [-0.3, -0.25) is 0 Å². The van der Waals surface area contributed by atoms with Gasteiger partial charge in [-0.1, -0.05) is 11.6 Å². The third-order valence-electron chi connectivity index (χ3n) is 2.06. The van der Waals surface area contributed by atoms with Crippen molar-refractivity contribution in [1.82, 2.24) is 0 Å². The van der Waals surface area contributed by atoms with Gasteiger partial charge in [0.05, 0.1) is 6.10 Å². The Morgan fingerprint density at radius 2 is 2.36 bits per heavy atom. The fourth-order valence-electron chi connectivity index (χ4n) is 1.45. The van der Waals surface area contributed by atoms with E-state index in [4.69, 9.17) is 11.6 Å². The molecule has 1 aliphatic rings. The van der Waals surface area contributed by atoms with E-state index in [1.165, 1.54) is 24.8 Å². The lowest BCUT2D eigenvalue weighted by Crippen LogP contribution is -2.10. The first-order valence-corrected chi connectivity index (χ1v) is 4.78. The van der Waals surface area contributed by atoms with Crippen molar-refractivity contribution in [1.29, 1.82) is 0 Å². The summed E-state index contributed by atoms with van der Waals surface area (Å²) in [7, 11) is 0. The Bertz CT molecular complexity index is 142. The summed E-state index contributed by atoms with van der Waals surface area (Å²) in [6.07, 6.45) is 7.63. The first-order chi connectivity index (χ1) is 5.33. The van der Waals surface area contributed by atoms with Gasteiger partial charge >= 0.3 is 0 Å². The van der Waals surface area contributed by atoms with Crippen LogP contribution in [-0.2, 0) is 0 Å². The van der Waals surface area contributed by atoms with Gasteiger partial charge in [-0.05, 0) is 32.1 Å². The van der Waals surface area contributed by atoms with Gasteiger partial charge in [0.2, 0.25) is 0 Å². The molecule has 1 unspecified atom stereocenters. The molecule has 0 saturated heterocycles. The molecule has 1 nitrogen and oxygen atoms in total. The van der Waals surface area contributed by atoms with Crippen molar-refractivity contribution in [2.45, 2.75) is 38.2 Å². The van der Waals surface area contributed by atoms with Crippen molar-refractivity contribution in [3.05, 3.63) is 11.6 Å². The van der Waals surface area contributed by atoms with Gasteiger partial charge in [-0.25, -0.2) is 0 Å². The Morgan fingerprint density at radius 1 is 1.55 bits per heavy atom. The molecule has 0 aliphatic heterocycles. The Hall–Kier alpha value is -0.0100. The van der Waals surface area contributed by atoms with E-state index in [-0.39, 0.29) is 6.10 Å². The van der Waals surface area contributed by atoms with Crippen LogP contribution in [0.15, 0.2) is 11.6 Å². The zero-order chi connectivity index (χ0) is 8.10. The Labute approximate surface area is 73.1 Å². The summed E-state index contributed by atoms with van der Waals surface area (Å²) in [6.45, 7) is 0. The molecule has 0 aromatic heterocycles. The molecule has 0 radical (unpaired) electrons. The molecule has 0 fully saturated rings. The highest BCUT2D eigenvalue weighted by molar-refractivity contribution is 6.18. The topological polar surface area (TPSA) is 20.2 Å². The Balaban J connectivity index is 2.29. The fraction of sp³-hybridized carbons (Fsp3) is 0.778. The standard InChI is InChI=1S/C9H15ClO/c10-7-9(11)6-8-4-2-1-3-5-8/h4,9,11H,1-3,5-7H2. The summed E-state index contributed by atoms with van der Waals surface area (Å²) in [5, 5.41) is 9.24. The molecule has 1 rings (SSSR count). The zero-order valence-corrected chi connectivity index (χ0v) is 7.48. The number of halogens is 1. The molecule has 0 amide bonds. The maximum atomic E-state index is 9.24. The summed E-state index contributed by atoms with van der Waals surface area (Å²) < 4.78 is 0. The molecule has 0 spiro atoms. The van der Waals surface area contributed by atoms with E-state index in [0.717, 1.165) is 12.8 Å². The molecule has 0 heterocycles. The summed E-state index contributed by atoms with van der Waals surface area (Å²) >= 11 is 5.49. The first kappa shape index (κ1) is 9.08. The van der Waals surface area contributed by atoms with Crippen LogP contribution in [0.25, 0.3) is 0 Å². The highest BCUT2D eigenvalue weighted by Gasteiger charge is 2.08. The molecule has 64 valence electrons. The van der Waals surface area contributed by atoms with Crippen molar-refractivity contribution < 1.29 is 5.11 Å². The zero-order valence-electron chi connectivity index (χ0n) is 6.72. The molecule has 0 saturated carbocycles. The van der Waals surface area contributed by atoms with Crippen LogP contribution in [0.5, 0.6) is 0 Å². The van der Waals surface area contributed by atoms with Crippen LogP contribution in [0.2, 0.25) is 0 Å². The van der Waals surface area contributed by atoms with Gasteiger partial charge in [0.1, 0.15) is 0 Å². The number of hydrogen-bond acceptors (Lipinski definition) is 1. The van der Waals surface area contributed by atoms with Gasteiger partial charge in [-0.2, -0.15) is 0 Å². The lowest BCUT2D eigenvalue weighted by Gasteiger charge is -2.14. The molecule has 0 aromatic rings. The molecule has 2 heteroatoms. The predicted octanol–water partition coefficient (Wildman–Crippen LogP) is 2.48. The first-order valence-electron chi connectivity index (χ1n) is 4.25. The maximum Gasteiger partial charge on any atom is 0.0712 e. The summed E-state index contributed by atoms with van der Waals surface area (Å²) in [5.74, 6) is 0.358. The fourth-order valence-corrected chi connectivity index (χ4v) is 1.56. The summed E-state index contributed by atoms with van der Waals surface area (Å²) in [6, 6.07) is 0. The van der Waals surface area contributed by atoms with Crippen molar-refractivity contribution >= 4 is 11.6 Å². The van der Waals surface area contributed by atoms with Crippen molar-refractivity contribution in [2.75, 3.05) is 5.88 Å². The number of hydrogen-bond donors (Lipinski definition) is 1.